The fourth-order valence-corrected chi connectivity index (χ4v) is 2.84. The molecule has 0 saturated heterocycles. The highest BCUT2D eigenvalue weighted by molar-refractivity contribution is 5.91. The third kappa shape index (κ3) is 3.96. The van der Waals surface area contributed by atoms with Crippen LogP contribution in [0.25, 0.3) is 5.69 Å². The van der Waals surface area contributed by atoms with Gasteiger partial charge < -0.3 is 5.32 Å². The number of carbonyl (C=O) groups excluding carboxylic acids is 1. The fraction of sp³-hybridized carbons (Fsp3) is 0.200. The van der Waals surface area contributed by atoms with Crippen LogP contribution in [0.3, 0.4) is 0 Å². The number of halogens is 2. The van der Waals surface area contributed by atoms with E-state index < -0.39 is 11.6 Å². The number of carbonyl (C=O) groups is 1. The van der Waals surface area contributed by atoms with Gasteiger partial charge in [0, 0.05) is 23.4 Å². The maximum absolute atomic E-state index is 13.6. The first-order chi connectivity index (χ1) is 12.4. The van der Waals surface area contributed by atoms with E-state index in [2.05, 4.69) is 10.4 Å². The van der Waals surface area contributed by atoms with Crippen molar-refractivity contribution in [2.45, 2.75) is 26.7 Å². The minimum Gasteiger partial charge on any atom is -0.326 e. The van der Waals surface area contributed by atoms with E-state index in [1.54, 1.807) is 16.8 Å². The van der Waals surface area contributed by atoms with Gasteiger partial charge in [-0.25, -0.2) is 13.5 Å². The molecule has 0 aliphatic carbocycles. The van der Waals surface area contributed by atoms with Crippen molar-refractivity contribution < 1.29 is 13.6 Å². The highest BCUT2D eigenvalue weighted by Gasteiger charge is 2.11. The summed E-state index contributed by atoms with van der Waals surface area (Å²) >= 11 is 0. The van der Waals surface area contributed by atoms with Gasteiger partial charge in [0.25, 0.3) is 0 Å². The SMILES string of the molecule is Cc1cc(C)n(-c2cccc(NC(=O)CCc3c(F)cccc3F)c2)n1. The lowest BCUT2D eigenvalue weighted by Crippen LogP contribution is -2.13. The van der Waals surface area contributed by atoms with E-state index in [4.69, 9.17) is 0 Å². The molecule has 6 heteroatoms. The summed E-state index contributed by atoms with van der Waals surface area (Å²) in [5.41, 5.74) is 3.26. The number of benzene rings is 2. The Morgan fingerprint density at radius 3 is 2.42 bits per heavy atom. The van der Waals surface area contributed by atoms with Crippen molar-refractivity contribution in [1.82, 2.24) is 9.78 Å². The summed E-state index contributed by atoms with van der Waals surface area (Å²) in [5.74, 6) is -1.58. The summed E-state index contributed by atoms with van der Waals surface area (Å²) in [4.78, 5) is 12.1. The Bertz CT molecular complexity index is 930. The molecule has 26 heavy (non-hydrogen) atoms. The predicted molar refractivity (Wildman–Crippen MR) is 96.3 cm³/mol. The van der Waals surface area contributed by atoms with Crippen molar-refractivity contribution in [1.29, 1.82) is 0 Å². The molecule has 0 spiro atoms. The molecule has 0 radical (unpaired) electrons. The minimum absolute atomic E-state index is 0.00148. The van der Waals surface area contributed by atoms with Crippen molar-refractivity contribution in [2.24, 2.45) is 0 Å². The van der Waals surface area contributed by atoms with E-state index in [9.17, 15) is 13.6 Å². The second-order valence-corrected chi connectivity index (χ2v) is 6.14. The molecule has 1 amide bonds. The molecule has 1 aromatic heterocycles. The number of aromatic nitrogens is 2. The quantitative estimate of drug-likeness (QED) is 0.740. The fourth-order valence-electron chi connectivity index (χ4n) is 2.84. The summed E-state index contributed by atoms with van der Waals surface area (Å²) in [6.07, 6.45) is -0.0104. The highest BCUT2D eigenvalue weighted by atomic mass is 19.1. The molecule has 0 fully saturated rings. The van der Waals surface area contributed by atoms with Gasteiger partial charge in [-0.05, 0) is 56.7 Å². The first-order valence-electron chi connectivity index (χ1n) is 8.30. The second kappa shape index (κ2) is 7.47. The molecular formula is C20H19F2N3O. The first-order valence-corrected chi connectivity index (χ1v) is 8.30. The molecule has 134 valence electrons. The topological polar surface area (TPSA) is 46.9 Å². The van der Waals surface area contributed by atoms with Gasteiger partial charge in [0.05, 0.1) is 11.4 Å². The normalized spacial score (nSPS) is 10.8. The molecule has 0 bridgehead atoms. The predicted octanol–water partition coefficient (Wildman–Crippen LogP) is 4.34. The Morgan fingerprint density at radius 1 is 1.08 bits per heavy atom. The lowest BCUT2D eigenvalue weighted by Gasteiger charge is -2.09. The van der Waals surface area contributed by atoms with Gasteiger partial charge in [-0.3, -0.25) is 4.79 Å². The van der Waals surface area contributed by atoms with Crippen LogP contribution in [0.1, 0.15) is 23.4 Å². The number of nitrogens with one attached hydrogen (secondary N) is 1. The Hall–Kier alpha value is -3.02. The molecule has 1 N–H and O–H groups in total. The van der Waals surface area contributed by atoms with Gasteiger partial charge in [-0.2, -0.15) is 5.10 Å². The summed E-state index contributed by atoms with van der Waals surface area (Å²) in [5, 5.41) is 7.18. The van der Waals surface area contributed by atoms with Crippen LogP contribution in [-0.4, -0.2) is 15.7 Å². The average Bonchev–Trinajstić information content (AvgIpc) is 2.93. The average molecular weight is 355 g/mol. The van der Waals surface area contributed by atoms with E-state index in [-0.39, 0.29) is 24.3 Å². The Labute approximate surface area is 150 Å². The smallest absolute Gasteiger partial charge is 0.224 e. The van der Waals surface area contributed by atoms with Crippen LogP contribution in [0.15, 0.2) is 48.5 Å². The zero-order chi connectivity index (χ0) is 18.7. The second-order valence-electron chi connectivity index (χ2n) is 6.14. The Balaban J connectivity index is 1.68. The standard InChI is InChI=1S/C20H19F2N3O/c1-13-11-14(2)25(24-13)16-6-3-5-15(12-16)23-20(26)10-9-17-18(21)7-4-8-19(17)22/h3-8,11-12H,9-10H2,1-2H3,(H,23,26). The monoisotopic (exact) mass is 355 g/mol. The molecule has 0 atom stereocenters. The van der Waals surface area contributed by atoms with Gasteiger partial charge >= 0.3 is 0 Å². The number of hydrogen-bond donors (Lipinski definition) is 1. The van der Waals surface area contributed by atoms with Crippen LogP contribution in [0.4, 0.5) is 14.5 Å². The maximum Gasteiger partial charge on any atom is 0.224 e. The molecule has 0 saturated carbocycles. The van der Waals surface area contributed by atoms with Crippen LogP contribution in [0, 0.1) is 25.5 Å². The van der Waals surface area contributed by atoms with E-state index in [1.807, 2.05) is 32.0 Å². The van der Waals surface area contributed by atoms with Gasteiger partial charge in [-0.1, -0.05) is 12.1 Å². The summed E-state index contributed by atoms with van der Waals surface area (Å²) in [6, 6.07) is 12.9. The number of nitrogens with zero attached hydrogens (tertiary/aromatic N) is 2. The number of amides is 1. The lowest BCUT2D eigenvalue weighted by molar-refractivity contribution is -0.116. The van der Waals surface area contributed by atoms with Crippen molar-refractivity contribution >= 4 is 11.6 Å². The third-order valence-corrected chi connectivity index (χ3v) is 4.05. The first kappa shape index (κ1) is 17.8. The Kier molecular flexibility index (Phi) is 5.11. The van der Waals surface area contributed by atoms with E-state index in [0.717, 1.165) is 17.1 Å². The van der Waals surface area contributed by atoms with Gasteiger partial charge in [-0.15, -0.1) is 0 Å². The Morgan fingerprint density at radius 2 is 1.77 bits per heavy atom. The molecule has 0 aliphatic rings. The van der Waals surface area contributed by atoms with E-state index in [0.29, 0.717) is 5.69 Å². The van der Waals surface area contributed by atoms with Gasteiger partial charge in [0.2, 0.25) is 5.91 Å². The van der Waals surface area contributed by atoms with Gasteiger partial charge in [0.1, 0.15) is 11.6 Å². The van der Waals surface area contributed by atoms with Crippen LogP contribution < -0.4 is 5.32 Å². The summed E-state index contributed by atoms with van der Waals surface area (Å²) in [6.45, 7) is 3.87. The van der Waals surface area contributed by atoms with Crippen molar-refractivity contribution in [2.75, 3.05) is 5.32 Å². The molecule has 1 heterocycles. The van der Waals surface area contributed by atoms with Crippen LogP contribution in [0.5, 0.6) is 0 Å². The molecule has 0 unspecified atom stereocenters. The number of rotatable bonds is 5. The summed E-state index contributed by atoms with van der Waals surface area (Å²) < 4.78 is 29.0. The zero-order valence-corrected chi connectivity index (χ0v) is 14.6. The number of hydrogen-bond acceptors (Lipinski definition) is 2. The van der Waals surface area contributed by atoms with Crippen molar-refractivity contribution in [3.8, 4) is 5.69 Å². The van der Waals surface area contributed by atoms with Crippen LogP contribution >= 0.6 is 0 Å². The molecule has 3 aromatic rings. The van der Waals surface area contributed by atoms with Crippen LogP contribution in [0.2, 0.25) is 0 Å². The molecule has 2 aromatic carbocycles. The maximum atomic E-state index is 13.6. The van der Waals surface area contributed by atoms with E-state index in [1.165, 1.54) is 18.2 Å². The highest BCUT2D eigenvalue weighted by Crippen LogP contribution is 2.18. The largest absolute Gasteiger partial charge is 0.326 e. The zero-order valence-electron chi connectivity index (χ0n) is 14.6. The molecule has 4 nitrogen and oxygen atoms in total. The lowest BCUT2D eigenvalue weighted by atomic mass is 10.1. The number of aryl methyl sites for hydroxylation is 2. The molecule has 0 aliphatic heterocycles. The summed E-state index contributed by atoms with van der Waals surface area (Å²) in [7, 11) is 0. The van der Waals surface area contributed by atoms with Crippen molar-refractivity contribution in [3.05, 3.63) is 77.1 Å². The minimum atomic E-state index is -0.635. The molecular weight excluding hydrogens is 336 g/mol. The van der Waals surface area contributed by atoms with Crippen LogP contribution in [-0.2, 0) is 11.2 Å². The van der Waals surface area contributed by atoms with Crippen molar-refractivity contribution in [3.63, 3.8) is 0 Å². The van der Waals surface area contributed by atoms with E-state index >= 15 is 0 Å². The third-order valence-electron chi connectivity index (χ3n) is 4.05. The van der Waals surface area contributed by atoms with Gasteiger partial charge in [0.15, 0.2) is 0 Å². The number of anilines is 1. The molecule has 3 rings (SSSR count).